The summed E-state index contributed by atoms with van der Waals surface area (Å²) in [6.07, 6.45) is -0.0227. The zero-order valence-corrected chi connectivity index (χ0v) is 14.0. The molecule has 120 valence electrons. The number of fused-ring (bicyclic) bond motifs is 1. The maximum atomic E-state index is 12.4. The molecule has 1 aromatic heterocycles. The summed E-state index contributed by atoms with van der Waals surface area (Å²) in [5.74, 6) is 0.538. The van der Waals surface area contributed by atoms with Crippen molar-refractivity contribution in [3.8, 4) is 17.0 Å². The van der Waals surface area contributed by atoms with Crippen molar-refractivity contribution in [2.45, 2.75) is 12.5 Å². The summed E-state index contributed by atoms with van der Waals surface area (Å²) in [6, 6.07) is 12.9. The van der Waals surface area contributed by atoms with Gasteiger partial charge in [-0.3, -0.25) is 4.79 Å². The van der Waals surface area contributed by atoms with Crippen LogP contribution in [0.15, 0.2) is 47.8 Å². The Kier molecular flexibility index (Phi) is 3.92. The third kappa shape index (κ3) is 2.98. The molecule has 0 saturated carbocycles. The molecule has 0 saturated heterocycles. The molecule has 0 fully saturated rings. The van der Waals surface area contributed by atoms with Crippen molar-refractivity contribution in [2.75, 3.05) is 5.32 Å². The number of rotatable bonds is 3. The molecule has 4 rings (SSSR count). The first-order valence-electron chi connectivity index (χ1n) is 7.32. The predicted molar refractivity (Wildman–Crippen MR) is 93.5 cm³/mol. The van der Waals surface area contributed by atoms with E-state index in [4.69, 9.17) is 16.3 Å². The normalized spacial score (nSPS) is 15.6. The first-order valence-corrected chi connectivity index (χ1v) is 8.54. The van der Waals surface area contributed by atoms with Crippen molar-refractivity contribution < 1.29 is 9.53 Å². The summed E-state index contributed by atoms with van der Waals surface area (Å²) in [6.45, 7) is 0. The Morgan fingerprint density at radius 1 is 1.25 bits per heavy atom. The maximum absolute atomic E-state index is 12.4. The van der Waals surface area contributed by atoms with Crippen LogP contribution >= 0.6 is 23.1 Å². The number of carbonyl (C=O) groups excluding carboxylic acids is 1. The number of halogens is 1. The van der Waals surface area contributed by atoms with E-state index in [0.717, 1.165) is 16.8 Å². The smallest absolute Gasteiger partial charge is 0.265 e. The lowest BCUT2D eigenvalue weighted by Crippen LogP contribution is -2.31. The minimum atomic E-state index is -0.541. The standard InChI is InChI=1S/C17H12ClN3O2S/c18-12-3-6-15-11(7-12)8-16(23-15)17(22)19-13-4-1-10(2-5-13)14-9-24-21-20-14/h1-7,9,16H,8H2,(H,19,22). The third-order valence-corrected chi connectivity index (χ3v) is 4.54. The fraction of sp³-hybridized carbons (Fsp3) is 0.118. The minimum absolute atomic E-state index is 0.176. The van der Waals surface area contributed by atoms with E-state index in [1.165, 1.54) is 11.5 Å². The number of carbonyl (C=O) groups is 1. The molecular weight excluding hydrogens is 346 g/mol. The molecule has 1 amide bonds. The predicted octanol–water partition coefficient (Wildman–Crippen LogP) is 3.80. The summed E-state index contributed by atoms with van der Waals surface area (Å²) in [5, 5.41) is 9.42. The quantitative estimate of drug-likeness (QED) is 0.774. The van der Waals surface area contributed by atoms with Crippen LogP contribution in [0.5, 0.6) is 5.75 Å². The molecule has 2 heterocycles. The second-order valence-corrected chi connectivity index (χ2v) is 6.47. The first kappa shape index (κ1) is 15.1. The third-order valence-electron chi connectivity index (χ3n) is 3.80. The molecule has 0 bridgehead atoms. The molecule has 7 heteroatoms. The van der Waals surface area contributed by atoms with E-state index in [0.29, 0.717) is 22.9 Å². The molecule has 5 nitrogen and oxygen atoms in total. The Hall–Kier alpha value is -2.44. The maximum Gasteiger partial charge on any atom is 0.265 e. The van der Waals surface area contributed by atoms with Gasteiger partial charge in [0.2, 0.25) is 0 Å². The summed E-state index contributed by atoms with van der Waals surface area (Å²) < 4.78 is 9.53. The van der Waals surface area contributed by atoms with Gasteiger partial charge in [0.25, 0.3) is 5.91 Å². The summed E-state index contributed by atoms with van der Waals surface area (Å²) in [4.78, 5) is 12.4. The van der Waals surface area contributed by atoms with Crippen molar-refractivity contribution in [3.05, 3.63) is 58.4 Å². The molecule has 3 aromatic rings. The lowest BCUT2D eigenvalue weighted by molar-refractivity contribution is -0.122. The fourth-order valence-corrected chi connectivity index (χ4v) is 3.26. The van der Waals surface area contributed by atoms with Crippen LogP contribution in [0.4, 0.5) is 5.69 Å². The van der Waals surface area contributed by atoms with E-state index in [-0.39, 0.29) is 5.91 Å². The largest absolute Gasteiger partial charge is 0.480 e. The Balaban J connectivity index is 1.43. The Bertz CT molecular complexity index is 881. The van der Waals surface area contributed by atoms with Crippen LogP contribution in [0.3, 0.4) is 0 Å². The lowest BCUT2D eigenvalue weighted by atomic mass is 10.1. The van der Waals surface area contributed by atoms with Crippen molar-refractivity contribution in [2.24, 2.45) is 0 Å². The molecule has 1 aliphatic rings. The second kappa shape index (κ2) is 6.22. The van der Waals surface area contributed by atoms with Gasteiger partial charge >= 0.3 is 0 Å². The van der Waals surface area contributed by atoms with Crippen LogP contribution in [0.25, 0.3) is 11.3 Å². The fourth-order valence-electron chi connectivity index (χ4n) is 2.60. The molecule has 1 N–H and O–H groups in total. The van der Waals surface area contributed by atoms with Crippen LogP contribution in [-0.4, -0.2) is 21.6 Å². The van der Waals surface area contributed by atoms with Gasteiger partial charge in [-0.2, -0.15) is 0 Å². The summed E-state index contributed by atoms with van der Waals surface area (Å²) in [5.41, 5.74) is 3.45. The average Bonchev–Trinajstić information content (AvgIpc) is 3.24. The van der Waals surface area contributed by atoms with E-state index in [1.807, 2.05) is 35.7 Å². The molecule has 2 aromatic carbocycles. The van der Waals surface area contributed by atoms with E-state index in [1.54, 1.807) is 12.1 Å². The molecule has 0 spiro atoms. The molecule has 1 atom stereocenters. The van der Waals surface area contributed by atoms with Gasteiger partial charge in [0, 0.05) is 28.1 Å². The highest BCUT2D eigenvalue weighted by Gasteiger charge is 2.29. The molecule has 0 aliphatic carbocycles. The van der Waals surface area contributed by atoms with Crippen molar-refractivity contribution in [3.63, 3.8) is 0 Å². The number of nitrogens with one attached hydrogen (secondary N) is 1. The molecule has 1 unspecified atom stereocenters. The SMILES string of the molecule is O=C(Nc1ccc(-c2csnn2)cc1)C1Cc2cc(Cl)ccc2O1. The van der Waals surface area contributed by atoms with Gasteiger partial charge < -0.3 is 10.1 Å². The van der Waals surface area contributed by atoms with Gasteiger partial charge in [0.15, 0.2) is 6.10 Å². The van der Waals surface area contributed by atoms with E-state index in [9.17, 15) is 4.79 Å². The Morgan fingerprint density at radius 3 is 2.83 bits per heavy atom. The van der Waals surface area contributed by atoms with Gasteiger partial charge in [0.05, 0.1) is 0 Å². The van der Waals surface area contributed by atoms with Gasteiger partial charge in [0.1, 0.15) is 11.4 Å². The number of anilines is 1. The van der Waals surface area contributed by atoms with Crippen LogP contribution < -0.4 is 10.1 Å². The van der Waals surface area contributed by atoms with Crippen molar-refractivity contribution >= 4 is 34.7 Å². The minimum Gasteiger partial charge on any atom is -0.480 e. The average molecular weight is 358 g/mol. The Labute approximate surface area is 147 Å². The monoisotopic (exact) mass is 357 g/mol. The topological polar surface area (TPSA) is 64.1 Å². The molecular formula is C17H12ClN3O2S. The molecule has 24 heavy (non-hydrogen) atoms. The summed E-state index contributed by atoms with van der Waals surface area (Å²) >= 11 is 7.28. The van der Waals surface area contributed by atoms with Gasteiger partial charge in [-0.15, -0.1) is 5.10 Å². The summed E-state index contributed by atoms with van der Waals surface area (Å²) in [7, 11) is 0. The number of hydrogen-bond acceptors (Lipinski definition) is 5. The zero-order valence-electron chi connectivity index (χ0n) is 12.4. The second-order valence-electron chi connectivity index (χ2n) is 5.42. The lowest BCUT2D eigenvalue weighted by Gasteiger charge is -2.11. The number of ether oxygens (including phenoxy) is 1. The van der Waals surface area contributed by atoms with Gasteiger partial charge in [-0.05, 0) is 47.4 Å². The van der Waals surface area contributed by atoms with E-state index < -0.39 is 6.10 Å². The number of nitrogens with zero attached hydrogens (tertiary/aromatic N) is 2. The number of hydrogen-bond donors (Lipinski definition) is 1. The van der Waals surface area contributed by atoms with E-state index >= 15 is 0 Å². The van der Waals surface area contributed by atoms with Crippen LogP contribution in [0.1, 0.15) is 5.56 Å². The van der Waals surface area contributed by atoms with Gasteiger partial charge in [-0.1, -0.05) is 28.2 Å². The van der Waals surface area contributed by atoms with Crippen molar-refractivity contribution in [1.29, 1.82) is 0 Å². The zero-order chi connectivity index (χ0) is 16.5. The highest BCUT2D eigenvalue weighted by molar-refractivity contribution is 7.03. The number of amides is 1. The highest BCUT2D eigenvalue weighted by atomic mass is 35.5. The first-order chi connectivity index (χ1) is 11.7. The Morgan fingerprint density at radius 2 is 2.08 bits per heavy atom. The van der Waals surface area contributed by atoms with Gasteiger partial charge in [-0.25, -0.2) is 0 Å². The highest BCUT2D eigenvalue weighted by Crippen LogP contribution is 2.31. The number of aromatic nitrogens is 2. The van der Waals surface area contributed by atoms with Crippen LogP contribution in [0, 0.1) is 0 Å². The van der Waals surface area contributed by atoms with Crippen molar-refractivity contribution in [1.82, 2.24) is 9.59 Å². The number of benzene rings is 2. The van der Waals surface area contributed by atoms with Crippen LogP contribution in [-0.2, 0) is 11.2 Å². The molecule has 0 radical (unpaired) electrons. The molecule has 1 aliphatic heterocycles. The van der Waals surface area contributed by atoms with E-state index in [2.05, 4.69) is 14.9 Å². The van der Waals surface area contributed by atoms with Crippen LogP contribution in [0.2, 0.25) is 5.02 Å².